The van der Waals surface area contributed by atoms with Crippen LogP contribution in [-0.2, 0) is 6.61 Å². The highest BCUT2D eigenvalue weighted by atomic mass is 16.3. The molecule has 3 nitrogen and oxygen atoms in total. The summed E-state index contributed by atoms with van der Waals surface area (Å²) in [5, 5.41) is 9.03. The lowest BCUT2D eigenvalue weighted by Gasteiger charge is -2.27. The van der Waals surface area contributed by atoms with Crippen molar-refractivity contribution in [2.75, 3.05) is 18.5 Å². The molecule has 3 heteroatoms. The van der Waals surface area contributed by atoms with Crippen LogP contribution in [0.15, 0.2) is 18.3 Å². The third-order valence-corrected chi connectivity index (χ3v) is 2.10. The molecule has 0 saturated carbocycles. The minimum Gasteiger partial charge on any atom is -0.392 e. The summed E-state index contributed by atoms with van der Waals surface area (Å²) in [5.74, 6) is 0.913. The lowest BCUT2D eigenvalue weighted by atomic mass is 9.96. The molecule has 1 rings (SSSR count). The van der Waals surface area contributed by atoms with Crippen molar-refractivity contribution in [3.8, 4) is 0 Å². The molecule has 0 aliphatic heterocycles. The lowest BCUT2D eigenvalue weighted by molar-refractivity contribution is 0.281. The van der Waals surface area contributed by atoms with Gasteiger partial charge in [-0.3, -0.25) is 0 Å². The van der Waals surface area contributed by atoms with E-state index in [1.54, 1.807) is 6.20 Å². The van der Waals surface area contributed by atoms with E-state index in [0.29, 0.717) is 0 Å². The van der Waals surface area contributed by atoms with E-state index in [9.17, 15) is 0 Å². The average molecular weight is 208 g/mol. The Balaban J connectivity index is 2.77. The minimum absolute atomic E-state index is 0.0683. The Labute approximate surface area is 91.8 Å². The second-order valence-corrected chi connectivity index (χ2v) is 5.10. The van der Waals surface area contributed by atoms with Gasteiger partial charge in [0.25, 0.3) is 0 Å². The number of rotatable bonds is 3. The maximum absolute atomic E-state index is 9.03. The van der Waals surface area contributed by atoms with Crippen molar-refractivity contribution in [3.63, 3.8) is 0 Å². The summed E-state index contributed by atoms with van der Waals surface area (Å²) in [4.78, 5) is 6.40. The second-order valence-electron chi connectivity index (χ2n) is 5.10. The van der Waals surface area contributed by atoms with E-state index in [-0.39, 0.29) is 12.0 Å². The molecule has 1 aromatic heterocycles. The van der Waals surface area contributed by atoms with Gasteiger partial charge in [-0.2, -0.15) is 0 Å². The molecule has 0 aromatic carbocycles. The van der Waals surface area contributed by atoms with E-state index < -0.39 is 0 Å². The van der Waals surface area contributed by atoms with E-state index in [1.807, 2.05) is 19.2 Å². The molecule has 0 aliphatic carbocycles. The standard InChI is InChI=1S/C12H20N2O/c1-12(2,3)9-14(4)11-7-10(8-15)5-6-13-11/h5-7,15H,8-9H2,1-4H3. The van der Waals surface area contributed by atoms with Gasteiger partial charge in [0.1, 0.15) is 5.82 Å². The Morgan fingerprint density at radius 2 is 2.07 bits per heavy atom. The van der Waals surface area contributed by atoms with E-state index in [1.165, 1.54) is 0 Å². The zero-order chi connectivity index (χ0) is 11.5. The average Bonchev–Trinajstić information content (AvgIpc) is 2.15. The highest BCUT2D eigenvalue weighted by Crippen LogP contribution is 2.19. The molecule has 0 saturated heterocycles. The molecular formula is C12H20N2O. The van der Waals surface area contributed by atoms with Gasteiger partial charge in [-0.25, -0.2) is 4.98 Å². The zero-order valence-electron chi connectivity index (χ0n) is 9.99. The Morgan fingerprint density at radius 1 is 1.40 bits per heavy atom. The van der Waals surface area contributed by atoms with Crippen LogP contribution >= 0.6 is 0 Å². The monoisotopic (exact) mass is 208 g/mol. The zero-order valence-corrected chi connectivity index (χ0v) is 9.99. The van der Waals surface area contributed by atoms with E-state index >= 15 is 0 Å². The van der Waals surface area contributed by atoms with Crippen LogP contribution in [0.4, 0.5) is 5.82 Å². The summed E-state index contributed by atoms with van der Waals surface area (Å²) in [6, 6.07) is 3.75. The van der Waals surface area contributed by atoms with Gasteiger partial charge < -0.3 is 10.0 Å². The summed E-state index contributed by atoms with van der Waals surface area (Å²) in [6.07, 6.45) is 1.74. The van der Waals surface area contributed by atoms with Crippen molar-refractivity contribution in [1.82, 2.24) is 4.98 Å². The molecule has 1 N–H and O–H groups in total. The second kappa shape index (κ2) is 4.62. The SMILES string of the molecule is CN(CC(C)(C)C)c1cc(CO)ccn1. The van der Waals surface area contributed by atoms with Crippen LogP contribution in [0, 0.1) is 5.41 Å². The first kappa shape index (κ1) is 12.0. The van der Waals surface area contributed by atoms with Crippen LogP contribution in [0.2, 0.25) is 0 Å². The Bertz CT molecular complexity index is 318. The van der Waals surface area contributed by atoms with Crippen LogP contribution in [0.5, 0.6) is 0 Å². The van der Waals surface area contributed by atoms with Gasteiger partial charge >= 0.3 is 0 Å². The number of nitrogens with zero attached hydrogens (tertiary/aromatic N) is 2. The van der Waals surface area contributed by atoms with Gasteiger partial charge in [0.15, 0.2) is 0 Å². The number of hydrogen-bond acceptors (Lipinski definition) is 3. The van der Waals surface area contributed by atoms with Crippen molar-refractivity contribution >= 4 is 5.82 Å². The van der Waals surface area contributed by atoms with E-state index in [0.717, 1.165) is 17.9 Å². The van der Waals surface area contributed by atoms with Crippen molar-refractivity contribution < 1.29 is 5.11 Å². The highest BCUT2D eigenvalue weighted by molar-refractivity contribution is 5.40. The molecule has 1 aromatic rings. The predicted octanol–water partition coefficient (Wildman–Crippen LogP) is 2.06. The van der Waals surface area contributed by atoms with Crippen LogP contribution in [0.1, 0.15) is 26.3 Å². The molecule has 0 spiro atoms. The summed E-state index contributed by atoms with van der Waals surface area (Å²) in [5.41, 5.74) is 1.15. The quantitative estimate of drug-likeness (QED) is 0.826. The first-order valence-corrected chi connectivity index (χ1v) is 5.19. The molecule has 1 heterocycles. The number of hydrogen-bond donors (Lipinski definition) is 1. The van der Waals surface area contributed by atoms with Crippen LogP contribution in [0.3, 0.4) is 0 Å². The fraction of sp³-hybridized carbons (Fsp3) is 0.583. The maximum atomic E-state index is 9.03. The van der Waals surface area contributed by atoms with Gasteiger partial charge in [0.05, 0.1) is 6.61 Å². The molecule has 0 amide bonds. The molecule has 15 heavy (non-hydrogen) atoms. The van der Waals surface area contributed by atoms with Crippen LogP contribution < -0.4 is 4.90 Å². The van der Waals surface area contributed by atoms with Crippen molar-refractivity contribution in [2.45, 2.75) is 27.4 Å². The minimum atomic E-state index is 0.0683. The highest BCUT2D eigenvalue weighted by Gasteiger charge is 2.14. The van der Waals surface area contributed by atoms with Crippen molar-refractivity contribution in [3.05, 3.63) is 23.9 Å². The molecule has 0 atom stereocenters. The summed E-state index contributed by atoms with van der Waals surface area (Å²) < 4.78 is 0. The third kappa shape index (κ3) is 3.88. The van der Waals surface area contributed by atoms with Gasteiger partial charge in [0.2, 0.25) is 0 Å². The first-order valence-electron chi connectivity index (χ1n) is 5.19. The van der Waals surface area contributed by atoms with Gasteiger partial charge in [-0.05, 0) is 23.1 Å². The number of aromatic nitrogens is 1. The normalized spacial score (nSPS) is 11.5. The molecule has 0 fully saturated rings. The van der Waals surface area contributed by atoms with Gasteiger partial charge in [-0.1, -0.05) is 20.8 Å². The molecule has 0 unspecified atom stereocenters. The molecule has 0 bridgehead atoms. The number of aliphatic hydroxyl groups is 1. The summed E-state index contributed by atoms with van der Waals surface area (Å²) in [7, 11) is 2.02. The Hall–Kier alpha value is -1.09. The van der Waals surface area contributed by atoms with Gasteiger partial charge in [0, 0.05) is 19.8 Å². The summed E-state index contributed by atoms with van der Waals surface area (Å²) in [6.45, 7) is 7.59. The molecule has 0 aliphatic rings. The molecule has 84 valence electrons. The first-order chi connectivity index (χ1) is 6.92. The maximum Gasteiger partial charge on any atom is 0.128 e. The van der Waals surface area contributed by atoms with E-state index in [4.69, 9.17) is 5.11 Å². The Morgan fingerprint density at radius 3 is 2.60 bits per heavy atom. The largest absolute Gasteiger partial charge is 0.392 e. The fourth-order valence-corrected chi connectivity index (χ4v) is 1.56. The number of anilines is 1. The number of pyridine rings is 1. The summed E-state index contributed by atoms with van der Waals surface area (Å²) >= 11 is 0. The smallest absolute Gasteiger partial charge is 0.128 e. The third-order valence-electron chi connectivity index (χ3n) is 2.10. The lowest BCUT2D eigenvalue weighted by Crippen LogP contribution is -2.29. The number of aliphatic hydroxyl groups excluding tert-OH is 1. The van der Waals surface area contributed by atoms with Crippen LogP contribution in [0.25, 0.3) is 0 Å². The van der Waals surface area contributed by atoms with Crippen molar-refractivity contribution in [2.24, 2.45) is 5.41 Å². The topological polar surface area (TPSA) is 36.4 Å². The molecular weight excluding hydrogens is 188 g/mol. The van der Waals surface area contributed by atoms with Gasteiger partial charge in [-0.15, -0.1) is 0 Å². The molecule has 0 radical (unpaired) electrons. The van der Waals surface area contributed by atoms with E-state index in [2.05, 4.69) is 30.7 Å². The Kier molecular flexibility index (Phi) is 3.69. The van der Waals surface area contributed by atoms with Crippen molar-refractivity contribution in [1.29, 1.82) is 0 Å². The predicted molar refractivity (Wildman–Crippen MR) is 62.9 cm³/mol. The van der Waals surface area contributed by atoms with Crippen LogP contribution in [-0.4, -0.2) is 23.7 Å². The fourth-order valence-electron chi connectivity index (χ4n) is 1.56.